The standard InChI is InChI=1S/C22H26N6O4S2/c1-4-32-27-21(29)19-16(12-17(26-20(19)23)22-24-9-10-33-22)25-15-8-7-14(13-5-6-13)11-18(15)28(2)34(3,30)31/h7-13H,4-6H2,1-3H3,(H,27,29)(H3,23,25,26). The number of hydrogen-bond acceptors (Lipinski definition) is 9. The van der Waals surface area contributed by atoms with E-state index < -0.39 is 15.9 Å². The highest BCUT2D eigenvalue weighted by molar-refractivity contribution is 7.92. The van der Waals surface area contributed by atoms with E-state index in [0.29, 0.717) is 33.7 Å². The van der Waals surface area contributed by atoms with Crippen molar-refractivity contribution in [3.8, 4) is 10.7 Å². The quantitative estimate of drug-likeness (QED) is 0.378. The van der Waals surface area contributed by atoms with Crippen LogP contribution < -0.4 is 20.8 Å². The van der Waals surface area contributed by atoms with E-state index in [1.807, 2.05) is 23.6 Å². The Kier molecular flexibility index (Phi) is 6.73. The van der Waals surface area contributed by atoms with Gasteiger partial charge in [-0.15, -0.1) is 11.3 Å². The zero-order valence-corrected chi connectivity index (χ0v) is 20.7. The zero-order chi connectivity index (χ0) is 24.5. The number of nitrogens with zero attached hydrogens (tertiary/aromatic N) is 3. The molecule has 4 rings (SSSR count). The van der Waals surface area contributed by atoms with E-state index in [9.17, 15) is 13.2 Å². The van der Waals surface area contributed by atoms with E-state index in [0.717, 1.165) is 24.7 Å². The molecular formula is C22H26N6O4S2. The first-order chi connectivity index (χ1) is 16.2. The predicted octanol–water partition coefficient (Wildman–Crippen LogP) is 3.49. The van der Waals surface area contributed by atoms with Crippen LogP contribution in [0.4, 0.5) is 22.9 Å². The summed E-state index contributed by atoms with van der Waals surface area (Å²) in [6.45, 7) is 2.01. The lowest BCUT2D eigenvalue weighted by Gasteiger charge is -2.23. The molecule has 0 aliphatic heterocycles. The molecule has 1 amide bonds. The van der Waals surface area contributed by atoms with Crippen LogP contribution in [0.1, 0.15) is 41.6 Å². The van der Waals surface area contributed by atoms with Gasteiger partial charge in [-0.05, 0) is 49.4 Å². The molecular weight excluding hydrogens is 476 g/mol. The second-order valence-electron chi connectivity index (χ2n) is 7.92. The van der Waals surface area contributed by atoms with Crippen molar-refractivity contribution in [1.82, 2.24) is 15.4 Å². The van der Waals surface area contributed by atoms with Crippen LogP contribution >= 0.6 is 11.3 Å². The molecule has 2 heterocycles. The van der Waals surface area contributed by atoms with Gasteiger partial charge in [0, 0.05) is 18.6 Å². The third kappa shape index (κ3) is 5.13. The first-order valence-corrected chi connectivity index (χ1v) is 13.4. The number of benzene rings is 1. The molecule has 0 atom stereocenters. The van der Waals surface area contributed by atoms with Gasteiger partial charge in [0.2, 0.25) is 10.0 Å². The number of sulfonamides is 1. The highest BCUT2D eigenvalue weighted by Gasteiger charge is 2.27. The van der Waals surface area contributed by atoms with Gasteiger partial charge in [0.05, 0.1) is 29.9 Å². The van der Waals surface area contributed by atoms with E-state index in [-0.39, 0.29) is 18.0 Å². The number of thiazole rings is 1. The molecule has 180 valence electrons. The van der Waals surface area contributed by atoms with Crippen LogP contribution in [-0.4, -0.2) is 44.2 Å². The Hall–Kier alpha value is -3.22. The molecule has 1 aromatic carbocycles. The van der Waals surface area contributed by atoms with Crippen molar-refractivity contribution in [2.75, 3.05) is 35.3 Å². The summed E-state index contributed by atoms with van der Waals surface area (Å²) in [4.78, 5) is 26.5. The maximum Gasteiger partial charge on any atom is 0.280 e. The van der Waals surface area contributed by atoms with E-state index in [1.54, 1.807) is 19.2 Å². The molecule has 34 heavy (non-hydrogen) atoms. The first-order valence-electron chi connectivity index (χ1n) is 10.7. The van der Waals surface area contributed by atoms with Gasteiger partial charge in [-0.3, -0.25) is 13.9 Å². The van der Waals surface area contributed by atoms with E-state index in [4.69, 9.17) is 10.6 Å². The third-order valence-electron chi connectivity index (χ3n) is 5.41. The molecule has 2 aromatic heterocycles. The summed E-state index contributed by atoms with van der Waals surface area (Å²) in [5.41, 5.74) is 11.5. The van der Waals surface area contributed by atoms with Crippen molar-refractivity contribution in [2.45, 2.75) is 25.7 Å². The Bertz CT molecular complexity index is 1310. The Morgan fingerprint density at radius 2 is 2.06 bits per heavy atom. The lowest BCUT2D eigenvalue weighted by molar-refractivity contribution is 0.0366. The van der Waals surface area contributed by atoms with Gasteiger partial charge in [0.15, 0.2) is 0 Å². The molecule has 0 bridgehead atoms. The highest BCUT2D eigenvalue weighted by atomic mass is 32.2. The molecule has 4 N–H and O–H groups in total. The number of aromatic nitrogens is 2. The van der Waals surface area contributed by atoms with Crippen LogP contribution in [0, 0.1) is 0 Å². The fourth-order valence-electron chi connectivity index (χ4n) is 3.46. The molecule has 0 unspecified atom stereocenters. The lowest BCUT2D eigenvalue weighted by atomic mass is 10.1. The largest absolute Gasteiger partial charge is 0.383 e. The van der Waals surface area contributed by atoms with Gasteiger partial charge in [-0.25, -0.2) is 23.9 Å². The Morgan fingerprint density at radius 1 is 1.29 bits per heavy atom. The highest BCUT2D eigenvalue weighted by Crippen LogP contribution is 2.43. The summed E-state index contributed by atoms with van der Waals surface area (Å²) in [5.74, 6) is -0.158. The number of carbonyl (C=O) groups is 1. The third-order valence-corrected chi connectivity index (χ3v) is 7.40. The van der Waals surface area contributed by atoms with E-state index in [2.05, 4.69) is 20.8 Å². The van der Waals surface area contributed by atoms with Gasteiger partial charge in [0.1, 0.15) is 22.1 Å². The normalized spacial score (nSPS) is 13.5. The van der Waals surface area contributed by atoms with E-state index in [1.165, 1.54) is 22.7 Å². The van der Waals surface area contributed by atoms with Crippen LogP contribution in [0.3, 0.4) is 0 Å². The predicted molar refractivity (Wildman–Crippen MR) is 134 cm³/mol. The molecule has 0 spiro atoms. The number of rotatable bonds is 9. The molecule has 1 aliphatic rings. The lowest BCUT2D eigenvalue weighted by Crippen LogP contribution is -2.27. The average Bonchev–Trinajstić information content (AvgIpc) is 3.49. The monoisotopic (exact) mass is 502 g/mol. The number of hydroxylamine groups is 1. The number of pyridine rings is 1. The second kappa shape index (κ2) is 9.57. The maximum atomic E-state index is 12.8. The van der Waals surface area contributed by atoms with Gasteiger partial charge in [-0.2, -0.15) is 0 Å². The smallest absolute Gasteiger partial charge is 0.280 e. The summed E-state index contributed by atoms with van der Waals surface area (Å²) in [7, 11) is -2.04. The summed E-state index contributed by atoms with van der Waals surface area (Å²) in [6, 6.07) is 7.31. The molecule has 1 fully saturated rings. The minimum absolute atomic E-state index is 0.0139. The van der Waals surface area contributed by atoms with Crippen LogP contribution in [0.15, 0.2) is 35.8 Å². The average molecular weight is 503 g/mol. The van der Waals surface area contributed by atoms with Crippen molar-refractivity contribution in [2.24, 2.45) is 0 Å². The number of hydrogen-bond donors (Lipinski definition) is 3. The van der Waals surface area contributed by atoms with Crippen LogP contribution in [0.5, 0.6) is 0 Å². The topological polar surface area (TPSA) is 140 Å². The van der Waals surface area contributed by atoms with Gasteiger partial charge >= 0.3 is 0 Å². The number of nitrogen functional groups attached to an aromatic ring is 1. The van der Waals surface area contributed by atoms with Crippen LogP contribution in [0.25, 0.3) is 10.7 Å². The van der Waals surface area contributed by atoms with Crippen molar-refractivity contribution < 1.29 is 18.0 Å². The summed E-state index contributed by atoms with van der Waals surface area (Å²) in [5, 5.41) is 5.66. The fraction of sp³-hybridized carbons (Fsp3) is 0.318. The minimum Gasteiger partial charge on any atom is -0.383 e. The molecule has 0 saturated heterocycles. The molecule has 1 aliphatic carbocycles. The number of amides is 1. The van der Waals surface area contributed by atoms with Crippen molar-refractivity contribution >= 4 is 50.1 Å². The summed E-state index contributed by atoms with van der Waals surface area (Å²) < 4.78 is 26.0. The minimum atomic E-state index is -3.53. The summed E-state index contributed by atoms with van der Waals surface area (Å²) >= 11 is 1.38. The van der Waals surface area contributed by atoms with Crippen molar-refractivity contribution in [3.63, 3.8) is 0 Å². The molecule has 10 nitrogen and oxygen atoms in total. The van der Waals surface area contributed by atoms with Crippen LogP contribution in [-0.2, 0) is 14.9 Å². The first kappa shape index (κ1) is 23.9. The molecule has 12 heteroatoms. The van der Waals surface area contributed by atoms with E-state index >= 15 is 0 Å². The number of nitrogens with one attached hydrogen (secondary N) is 2. The van der Waals surface area contributed by atoms with Crippen molar-refractivity contribution in [3.05, 3.63) is 47.0 Å². The van der Waals surface area contributed by atoms with Gasteiger partial charge in [-0.1, -0.05) is 6.07 Å². The molecule has 0 radical (unpaired) electrons. The molecule has 3 aromatic rings. The second-order valence-corrected chi connectivity index (χ2v) is 10.8. The zero-order valence-electron chi connectivity index (χ0n) is 19.0. The Balaban J connectivity index is 1.82. The van der Waals surface area contributed by atoms with Gasteiger partial charge < -0.3 is 11.1 Å². The number of anilines is 4. The Morgan fingerprint density at radius 3 is 2.68 bits per heavy atom. The maximum absolute atomic E-state index is 12.8. The summed E-state index contributed by atoms with van der Waals surface area (Å²) in [6.07, 6.45) is 4.95. The Labute approximate surface area is 202 Å². The van der Waals surface area contributed by atoms with Gasteiger partial charge in [0.25, 0.3) is 5.91 Å². The van der Waals surface area contributed by atoms with Crippen molar-refractivity contribution in [1.29, 1.82) is 0 Å². The number of carbonyl (C=O) groups excluding carboxylic acids is 1. The van der Waals surface area contributed by atoms with Crippen LogP contribution in [0.2, 0.25) is 0 Å². The SMILES string of the molecule is CCONC(=O)c1c(Nc2ccc(C3CC3)cc2N(C)S(C)(=O)=O)cc(-c2nccs2)nc1N. The number of nitrogens with two attached hydrogens (primary N) is 1. The molecule has 1 saturated carbocycles. The fourth-order valence-corrected chi connectivity index (χ4v) is 4.57.